The smallest absolute Gasteiger partial charge is 0.224 e. The van der Waals surface area contributed by atoms with E-state index in [9.17, 15) is 0 Å². The number of hydrogen-bond donors (Lipinski definition) is 3. The van der Waals surface area contributed by atoms with Gasteiger partial charge in [0.25, 0.3) is 0 Å². The van der Waals surface area contributed by atoms with Crippen LogP contribution in [0.4, 0.5) is 11.8 Å². The maximum absolute atomic E-state index is 5.66. The monoisotopic (exact) mass is 192 g/mol. The second-order valence-corrected chi connectivity index (χ2v) is 3.10. The average Bonchev–Trinajstić information content (AvgIpc) is 2.48. The summed E-state index contributed by atoms with van der Waals surface area (Å²) in [5.74, 6) is 1.38. The number of nitrogen functional groups attached to an aromatic ring is 2. The zero-order valence-electron chi connectivity index (χ0n) is 7.91. The van der Waals surface area contributed by atoms with Crippen LogP contribution in [0.5, 0.6) is 0 Å². The van der Waals surface area contributed by atoms with E-state index >= 15 is 0 Å². The van der Waals surface area contributed by atoms with Crippen LogP contribution >= 0.6 is 0 Å². The molecule has 6 nitrogen and oxygen atoms in total. The van der Waals surface area contributed by atoms with Gasteiger partial charge in [-0.1, -0.05) is 6.92 Å². The maximum atomic E-state index is 5.66. The van der Waals surface area contributed by atoms with Crippen molar-refractivity contribution < 1.29 is 0 Å². The van der Waals surface area contributed by atoms with Gasteiger partial charge in [0.05, 0.1) is 0 Å². The topological polar surface area (TPSA) is 106 Å². The summed E-state index contributed by atoms with van der Waals surface area (Å²) in [6.07, 6.45) is 1.89. The Morgan fingerprint density at radius 3 is 2.71 bits per heavy atom. The van der Waals surface area contributed by atoms with Crippen molar-refractivity contribution in [1.82, 2.24) is 19.9 Å². The molecule has 0 saturated carbocycles. The van der Waals surface area contributed by atoms with Crippen LogP contribution in [0.3, 0.4) is 0 Å². The maximum Gasteiger partial charge on any atom is 0.224 e. The fourth-order valence-corrected chi connectivity index (χ4v) is 1.34. The number of imidazole rings is 1. The molecule has 2 rings (SSSR count). The molecular formula is C8H12N6. The van der Waals surface area contributed by atoms with Crippen LogP contribution in [0.25, 0.3) is 11.2 Å². The second kappa shape index (κ2) is 3.13. The number of aryl methyl sites for hydroxylation is 1. The molecule has 0 aromatic carbocycles. The second-order valence-electron chi connectivity index (χ2n) is 3.10. The van der Waals surface area contributed by atoms with Gasteiger partial charge in [-0.05, 0) is 6.42 Å². The molecule has 0 fully saturated rings. The molecule has 0 aliphatic heterocycles. The lowest BCUT2D eigenvalue weighted by atomic mass is 10.3. The number of aromatic nitrogens is 4. The average molecular weight is 192 g/mol. The van der Waals surface area contributed by atoms with Gasteiger partial charge < -0.3 is 16.5 Å². The summed E-state index contributed by atoms with van der Waals surface area (Å²) >= 11 is 0. The number of fused-ring (bicyclic) bond motifs is 1. The lowest BCUT2D eigenvalue weighted by molar-refractivity contribution is 0.860. The number of rotatable bonds is 2. The third-order valence-electron chi connectivity index (χ3n) is 1.93. The number of nitrogens with two attached hydrogens (primary N) is 2. The molecule has 6 heteroatoms. The first kappa shape index (κ1) is 8.74. The van der Waals surface area contributed by atoms with E-state index in [1.165, 1.54) is 0 Å². The molecule has 0 radical (unpaired) electrons. The summed E-state index contributed by atoms with van der Waals surface area (Å²) in [7, 11) is 0. The third kappa shape index (κ3) is 1.34. The van der Waals surface area contributed by atoms with Gasteiger partial charge in [0.1, 0.15) is 11.3 Å². The van der Waals surface area contributed by atoms with Gasteiger partial charge in [0.15, 0.2) is 11.5 Å². The number of anilines is 2. The van der Waals surface area contributed by atoms with Crippen LogP contribution in [0.15, 0.2) is 0 Å². The number of nitrogens with one attached hydrogen (secondary N) is 1. The minimum absolute atomic E-state index is 0.157. The summed E-state index contributed by atoms with van der Waals surface area (Å²) in [5, 5.41) is 0. The molecule has 2 aromatic heterocycles. The van der Waals surface area contributed by atoms with Gasteiger partial charge in [0, 0.05) is 6.42 Å². The summed E-state index contributed by atoms with van der Waals surface area (Å²) < 4.78 is 0. The molecular weight excluding hydrogens is 180 g/mol. The Bertz CT molecular complexity index is 460. The fourth-order valence-electron chi connectivity index (χ4n) is 1.34. The quantitative estimate of drug-likeness (QED) is 0.641. The molecule has 0 aliphatic rings. The highest BCUT2D eigenvalue weighted by Gasteiger charge is 2.08. The van der Waals surface area contributed by atoms with Gasteiger partial charge >= 0.3 is 0 Å². The van der Waals surface area contributed by atoms with Crippen molar-refractivity contribution in [3.8, 4) is 0 Å². The van der Waals surface area contributed by atoms with Crippen molar-refractivity contribution in [2.24, 2.45) is 0 Å². The van der Waals surface area contributed by atoms with Crippen LogP contribution in [-0.2, 0) is 6.42 Å². The minimum Gasteiger partial charge on any atom is -0.382 e. The van der Waals surface area contributed by atoms with Crippen LogP contribution in [0.1, 0.15) is 19.2 Å². The van der Waals surface area contributed by atoms with Crippen molar-refractivity contribution in [3.63, 3.8) is 0 Å². The van der Waals surface area contributed by atoms with Gasteiger partial charge in [-0.15, -0.1) is 0 Å². The van der Waals surface area contributed by atoms with E-state index < -0.39 is 0 Å². The van der Waals surface area contributed by atoms with Gasteiger partial charge in [0.2, 0.25) is 5.95 Å². The molecule has 2 heterocycles. The molecule has 2 aromatic rings. The van der Waals surface area contributed by atoms with Crippen LogP contribution in [0.2, 0.25) is 0 Å². The third-order valence-corrected chi connectivity index (χ3v) is 1.93. The Morgan fingerprint density at radius 1 is 1.21 bits per heavy atom. The van der Waals surface area contributed by atoms with Crippen molar-refractivity contribution in [2.45, 2.75) is 19.8 Å². The zero-order valence-corrected chi connectivity index (χ0v) is 7.91. The number of nitrogens with zero attached hydrogens (tertiary/aromatic N) is 3. The van der Waals surface area contributed by atoms with Crippen molar-refractivity contribution in [2.75, 3.05) is 11.5 Å². The van der Waals surface area contributed by atoms with E-state index in [1.807, 2.05) is 0 Å². The van der Waals surface area contributed by atoms with E-state index in [-0.39, 0.29) is 5.95 Å². The predicted octanol–water partition coefficient (Wildman–Crippen LogP) is 0.470. The Morgan fingerprint density at radius 2 is 2.00 bits per heavy atom. The summed E-state index contributed by atoms with van der Waals surface area (Å²) in [4.78, 5) is 15.2. The Labute approximate surface area is 80.8 Å². The molecule has 14 heavy (non-hydrogen) atoms. The van der Waals surface area contributed by atoms with E-state index in [0.717, 1.165) is 18.7 Å². The Kier molecular flexibility index (Phi) is 1.95. The van der Waals surface area contributed by atoms with E-state index in [4.69, 9.17) is 11.5 Å². The Balaban J connectivity index is 2.58. The van der Waals surface area contributed by atoms with E-state index in [2.05, 4.69) is 26.9 Å². The number of hydrogen-bond acceptors (Lipinski definition) is 5. The largest absolute Gasteiger partial charge is 0.382 e. The molecule has 0 atom stereocenters. The normalized spacial score (nSPS) is 10.9. The molecule has 0 saturated heterocycles. The number of H-pyrrole nitrogens is 1. The first-order valence-corrected chi connectivity index (χ1v) is 4.48. The summed E-state index contributed by atoms with van der Waals surface area (Å²) in [5.41, 5.74) is 12.3. The standard InChI is InChI=1S/C8H12N6/c1-2-3-4-11-5-6(9)13-8(10)14-7(5)12-4/h2-3H2,1H3,(H5,9,10,11,12,13,14). The SMILES string of the molecule is CCCc1nc2nc(N)nc(N)c2[nH]1. The van der Waals surface area contributed by atoms with Gasteiger partial charge in [-0.2, -0.15) is 9.97 Å². The van der Waals surface area contributed by atoms with E-state index in [1.54, 1.807) is 0 Å². The van der Waals surface area contributed by atoms with Gasteiger partial charge in [-0.25, -0.2) is 4.98 Å². The van der Waals surface area contributed by atoms with Crippen LogP contribution < -0.4 is 11.5 Å². The van der Waals surface area contributed by atoms with Crippen molar-refractivity contribution in [3.05, 3.63) is 5.82 Å². The predicted molar refractivity (Wildman–Crippen MR) is 54.5 cm³/mol. The molecule has 0 aliphatic carbocycles. The van der Waals surface area contributed by atoms with Crippen LogP contribution in [0, 0.1) is 0 Å². The summed E-state index contributed by atoms with van der Waals surface area (Å²) in [6.45, 7) is 2.08. The van der Waals surface area contributed by atoms with E-state index in [0.29, 0.717) is 17.0 Å². The van der Waals surface area contributed by atoms with Crippen LogP contribution in [-0.4, -0.2) is 19.9 Å². The van der Waals surface area contributed by atoms with Crippen molar-refractivity contribution >= 4 is 22.9 Å². The molecule has 0 spiro atoms. The highest BCUT2D eigenvalue weighted by molar-refractivity contribution is 5.82. The zero-order chi connectivity index (χ0) is 10.1. The summed E-state index contributed by atoms with van der Waals surface area (Å²) in [6, 6.07) is 0. The first-order valence-electron chi connectivity index (χ1n) is 4.48. The van der Waals surface area contributed by atoms with Crippen molar-refractivity contribution in [1.29, 1.82) is 0 Å². The number of aromatic amines is 1. The first-order chi connectivity index (χ1) is 6.70. The van der Waals surface area contributed by atoms with Gasteiger partial charge in [-0.3, -0.25) is 0 Å². The lowest BCUT2D eigenvalue weighted by Crippen LogP contribution is -1.99. The highest BCUT2D eigenvalue weighted by atomic mass is 15.1. The minimum atomic E-state index is 0.157. The molecule has 74 valence electrons. The lowest BCUT2D eigenvalue weighted by Gasteiger charge is -1.94. The molecule has 0 unspecified atom stereocenters. The Hall–Kier alpha value is -1.85. The highest BCUT2D eigenvalue weighted by Crippen LogP contribution is 2.16. The molecule has 0 bridgehead atoms. The molecule has 0 amide bonds. The molecule has 5 N–H and O–H groups in total. The fraction of sp³-hybridized carbons (Fsp3) is 0.375.